The number of benzene rings is 1. The van der Waals surface area contributed by atoms with Crippen LogP contribution in [0.5, 0.6) is 0 Å². The standard InChI is InChI=1S/C17H27N3O6.2C2H6/c1-8-13(16(25)19-4-11(23)6-21)9(2)15(18)10(3)14(8)17(26)20-5-12(24)7-22;2*1-2/h11-12,21-24H,4-7,18H2,1-3H3,(H,19,25)(H,20,26);2*1-2H3. The van der Waals surface area contributed by atoms with Crippen LogP contribution in [0.1, 0.15) is 65.1 Å². The van der Waals surface area contributed by atoms with Crippen LogP contribution in [0, 0.1) is 20.8 Å². The average molecular weight is 430 g/mol. The smallest absolute Gasteiger partial charge is 0.252 e. The number of carbonyl (C=O) groups excluding carboxylic acids is 2. The molecule has 0 heterocycles. The highest BCUT2D eigenvalue weighted by Gasteiger charge is 2.24. The number of nitrogens with one attached hydrogen (secondary N) is 2. The van der Waals surface area contributed by atoms with Gasteiger partial charge in [0, 0.05) is 29.9 Å². The number of hydrogen-bond donors (Lipinski definition) is 7. The topological polar surface area (TPSA) is 165 Å². The van der Waals surface area contributed by atoms with Gasteiger partial charge in [0.05, 0.1) is 25.4 Å². The highest BCUT2D eigenvalue weighted by atomic mass is 16.3. The number of anilines is 1. The summed E-state index contributed by atoms with van der Waals surface area (Å²) in [6.07, 6.45) is -2.19. The predicted molar refractivity (Wildman–Crippen MR) is 119 cm³/mol. The SMILES string of the molecule is CC.CC.Cc1c(N)c(C)c(C(=O)NCC(O)CO)c(C)c1C(=O)NCC(O)CO. The van der Waals surface area contributed by atoms with Crippen LogP contribution in [-0.4, -0.2) is 70.8 Å². The van der Waals surface area contributed by atoms with E-state index in [9.17, 15) is 19.8 Å². The van der Waals surface area contributed by atoms with Crippen LogP contribution in [0.3, 0.4) is 0 Å². The Kier molecular flexibility index (Phi) is 15.6. The minimum atomic E-state index is -1.09. The molecule has 30 heavy (non-hydrogen) atoms. The molecule has 2 amide bonds. The zero-order valence-corrected chi connectivity index (χ0v) is 19.2. The molecule has 1 rings (SSSR count). The number of nitrogen functional groups attached to an aromatic ring is 1. The zero-order chi connectivity index (χ0) is 24.0. The first-order valence-electron chi connectivity index (χ1n) is 10.2. The van der Waals surface area contributed by atoms with Crippen molar-refractivity contribution in [3.05, 3.63) is 27.8 Å². The van der Waals surface area contributed by atoms with E-state index in [0.29, 0.717) is 16.7 Å². The van der Waals surface area contributed by atoms with Gasteiger partial charge in [-0.05, 0) is 37.5 Å². The van der Waals surface area contributed by atoms with E-state index in [2.05, 4.69) is 10.6 Å². The van der Waals surface area contributed by atoms with Gasteiger partial charge in [-0.25, -0.2) is 0 Å². The fourth-order valence-corrected chi connectivity index (χ4v) is 2.65. The highest BCUT2D eigenvalue weighted by molar-refractivity contribution is 6.05. The molecule has 2 atom stereocenters. The van der Waals surface area contributed by atoms with Crippen molar-refractivity contribution in [3.8, 4) is 0 Å². The Morgan fingerprint density at radius 1 is 0.767 bits per heavy atom. The van der Waals surface area contributed by atoms with Crippen LogP contribution in [0.25, 0.3) is 0 Å². The molecule has 2 unspecified atom stereocenters. The van der Waals surface area contributed by atoms with Crippen molar-refractivity contribution in [1.29, 1.82) is 0 Å². The van der Waals surface area contributed by atoms with Gasteiger partial charge in [0.15, 0.2) is 0 Å². The van der Waals surface area contributed by atoms with Crippen LogP contribution < -0.4 is 16.4 Å². The molecule has 0 aliphatic carbocycles. The number of amides is 2. The summed E-state index contributed by atoms with van der Waals surface area (Å²) in [6, 6.07) is 0. The van der Waals surface area contributed by atoms with Crippen molar-refractivity contribution in [1.82, 2.24) is 10.6 Å². The Hall–Kier alpha value is -2.20. The fourth-order valence-electron chi connectivity index (χ4n) is 2.65. The second-order valence-electron chi connectivity index (χ2n) is 6.13. The lowest BCUT2D eigenvalue weighted by atomic mass is 9.90. The maximum atomic E-state index is 12.5. The molecule has 174 valence electrons. The lowest BCUT2D eigenvalue weighted by Gasteiger charge is -2.20. The number of hydrogen-bond acceptors (Lipinski definition) is 7. The van der Waals surface area contributed by atoms with E-state index in [-0.39, 0.29) is 29.9 Å². The van der Waals surface area contributed by atoms with Gasteiger partial charge in [-0.3, -0.25) is 9.59 Å². The molecule has 9 heteroatoms. The summed E-state index contributed by atoms with van der Waals surface area (Å²) in [4.78, 5) is 25.0. The minimum Gasteiger partial charge on any atom is -0.398 e. The summed E-state index contributed by atoms with van der Waals surface area (Å²) in [5.41, 5.74) is 8.18. The lowest BCUT2D eigenvalue weighted by Crippen LogP contribution is -2.37. The summed E-state index contributed by atoms with van der Waals surface area (Å²) < 4.78 is 0. The first-order chi connectivity index (χ1) is 14.1. The molecule has 1 aromatic rings. The summed E-state index contributed by atoms with van der Waals surface area (Å²) in [6.45, 7) is 11.6. The number of nitrogens with two attached hydrogens (primary N) is 1. The lowest BCUT2D eigenvalue weighted by molar-refractivity contribution is 0.0799. The van der Waals surface area contributed by atoms with Gasteiger partial charge in [-0.1, -0.05) is 27.7 Å². The third-order valence-electron chi connectivity index (χ3n) is 4.18. The van der Waals surface area contributed by atoms with Crippen molar-refractivity contribution < 1.29 is 30.0 Å². The Morgan fingerprint density at radius 3 is 1.33 bits per heavy atom. The van der Waals surface area contributed by atoms with Gasteiger partial charge >= 0.3 is 0 Å². The largest absolute Gasteiger partial charge is 0.398 e. The third-order valence-corrected chi connectivity index (χ3v) is 4.18. The molecule has 0 spiro atoms. The Balaban J connectivity index is 0. The first-order valence-corrected chi connectivity index (χ1v) is 10.2. The normalized spacial score (nSPS) is 11.8. The summed E-state index contributed by atoms with van der Waals surface area (Å²) >= 11 is 0. The number of carbonyl (C=O) groups is 2. The van der Waals surface area contributed by atoms with Crippen molar-refractivity contribution >= 4 is 17.5 Å². The van der Waals surface area contributed by atoms with Crippen LogP contribution in [0.2, 0.25) is 0 Å². The van der Waals surface area contributed by atoms with Gasteiger partial charge in [-0.2, -0.15) is 0 Å². The van der Waals surface area contributed by atoms with Gasteiger partial charge < -0.3 is 36.8 Å². The van der Waals surface area contributed by atoms with E-state index >= 15 is 0 Å². The maximum absolute atomic E-state index is 12.5. The second-order valence-corrected chi connectivity index (χ2v) is 6.13. The highest BCUT2D eigenvalue weighted by Crippen LogP contribution is 2.29. The third kappa shape index (κ3) is 8.27. The van der Waals surface area contributed by atoms with Crippen LogP contribution in [-0.2, 0) is 0 Å². The van der Waals surface area contributed by atoms with E-state index in [1.165, 1.54) is 0 Å². The molecule has 8 N–H and O–H groups in total. The van der Waals surface area contributed by atoms with E-state index in [1.807, 2.05) is 27.7 Å². The zero-order valence-electron chi connectivity index (χ0n) is 19.2. The summed E-state index contributed by atoms with van der Waals surface area (Å²) in [5.74, 6) is -1.05. The molecular weight excluding hydrogens is 390 g/mol. The second kappa shape index (κ2) is 15.6. The van der Waals surface area contributed by atoms with Crippen molar-refractivity contribution in [2.75, 3.05) is 32.0 Å². The maximum Gasteiger partial charge on any atom is 0.252 e. The first kappa shape index (κ1) is 30.0. The van der Waals surface area contributed by atoms with E-state index in [0.717, 1.165) is 0 Å². The van der Waals surface area contributed by atoms with Crippen molar-refractivity contribution in [2.45, 2.75) is 60.7 Å². The van der Waals surface area contributed by atoms with Gasteiger partial charge in [0.1, 0.15) is 0 Å². The van der Waals surface area contributed by atoms with E-state index in [1.54, 1.807) is 20.8 Å². The molecular formula is C21H39N3O6. The molecule has 0 radical (unpaired) electrons. The van der Waals surface area contributed by atoms with E-state index < -0.39 is 37.2 Å². The minimum absolute atomic E-state index is 0.147. The van der Waals surface area contributed by atoms with Crippen LogP contribution >= 0.6 is 0 Å². The quantitative estimate of drug-likeness (QED) is 0.294. The molecule has 1 aromatic carbocycles. The van der Waals surface area contributed by atoms with Gasteiger partial charge in [0.25, 0.3) is 11.8 Å². The molecule has 0 bridgehead atoms. The monoisotopic (exact) mass is 429 g/mol. The molecule has 0 aliphatic heterocycles. The molecule has 0 fully saturated rings. The van der Waals surface area contributed by atoms with Crippen molar-refractivity contribution in [2.24, 2.45) is 0 Å². The van der Waals surface area contributed by atoms with Crippen LogP contribution in [0.4, 0.5) is 5.69 Å². The number of aliphatic hydroxyl groups excluding tert-OH is 4. The van der Waals surface area contributed by atoms with Crippen LogP contribution in [0.15, 0.2) is 0 Å². The van der Waals surface area contributed by atoms with E-state index in [4.69, 9.17) is 15.9 Å². The Morgan fingerprint density at radius 2 is 1.07 bits per heavy atom. The molecule has 0 aliphatic rings. The summed E-state index contributed by atoms with van der Waals surface area (Å²) in [5, 5.41) is 41.4. The fraction of sp³-hybridized carbons (Fsp3) is 0.619. The predicted octanol–water partition coefficient (Wildman–Crippen LogP) is 0.412. The van der Waals surface area contributed by atoms with Gasteiger partial charge in [0.2, 0.25) is 0 Å². The Labute approximate surface area is 179 Å². The Bertz CT molecular complexity index is 626. The number of rotatable bonds is 8. The molecule has 0 saturated carbocycles. The summed E-state index contributed by atoms with van der Waals surface area (Å²) in [7, 11) is 0. The van der Waals surface area contributed by atoms with Crippen molar-refractivity contribution in [3.63, 3.8) is 0 Å². The molecule has 0 saturated heterocycles. The number of aliphatic hydroxyl groups is 4. The average Bonchev–Trinajstić information content (AvgIpc) is 2.77. The molecule has 9 nitrogen and oxygen atoms in total. The molecule has 0 aromatic heterocycles. The van der Waals surface area contributed by atoms with Gasteiger partial charge in [-0.15, -0.1) is 0 Å².